The number of unbranched alkanes of at least 4 members (excludes halogenated alkanes) is 2. The number of amides is 2. The first-order chi connectivity index (χ1) is 14.1. The fourth-order valence-electron chi connectivity index (χ4n) is 3.31. The molecule has 2 saturated heterocycles. The largest absolute Gasteiger partial charge is 0.400 e. The van der Waals surface area contributed by atoms with Crippen molar-refractivity contribution in [3.05, 3.63) is 0 Å². The molecule has 168 valence electrons. The molecule has 2 rings (SSSR count). The zero-order valence-corrected chi connectivity index (χ0v) is 17.9. The molecule has 0 spiro atoms. The molecule has 9 heteroatoms. The predicted octanol–water partition coefficient (Wildman–Crippen LogP) is -0.236. The average Bonchev–Trinajstić information content (AvgIpc) is 2.75. The van der Waals surface area contributed by atoms with Gasteiger partial charge in [-0.15, -0.1) is 0 Å². The maximum atomic E-state index is 12.6. The lowest BCUT2D eigenvalue weighted by molar-refractivity contribution is -0.140. The molecule has 0 aromatic heterocycles. The average molecular weight is 416 g/mol. The number of hydrogen-bond donors (Lipinski definition) is 1. The Labute approximate surface area is 173 Å². The Morgan fingerprint density at radius 2 is 1.24 bits per heavy atom. The molecule has 2 heterocycles. The van der Waals surface area contributed by atoms with Gasteiger partial charge in [-0.25, -0.2) is 0 Å². The molecule has 0 aromatic carbocycles. The summed E-state index contributed by atoms with van der Waals surface area (Å²) in [4.78, 5) is 41.8. The summed E-state index contributed by atoms with van der Waals surface area (Å²) in [6, 6.07) is 0. The Bertz CT molecular complexity index is 459. The van der Waals surface area contributed by atoms with Gasteiger partial charge in [0.15, 0.2) is 0 Å². The summed E-state index contributed by atoms with van der Waals surface area (Å²) < 4.78 is 10.6. The van der Waals surface area contributed by atoms with Gasteiger partial charge < -0.3 is 29.2 Å². The van der Waals surface area contributed by atoms with E-state index >= 15 is 0 Å². The second-order valence-electron chi connectivity index (χ2n) is 7.21. The van der Waals surface area contributed by atoms with E-state index in [0.29, 0.717) is 65.6 Å². The van der Waals surface area contributed by atoms with Gasteiger partial charge in [0, 0.05) is 39.7 Å². The Morgan fingerprint density at radius 3 is 1.66 bits per heavy atom. The number of aliphatic hydroxyl groups excluding tert-OH is 1. The van der Waals surface area contributed by atoms with Crippen LogP contribution in [0, 0.1) is 0 Å². The standard InChI is InChI=1S/C19H33N3O5.CH4O/c1-17(23)5-3-2-4-6-20(15-18(24)21-7-11-26-12-8-21)16-19(25)22-9-13-27-14-10-22;1-2/h2-16H2,1H3;2H,1H3. The molecule has 2 amide bonds. The molecule has 0 bridgehead atoms. The van der Waals surface area contributed by atoms with Crippen LogP contribution in [0.3, 0.4) is 0 Å². The van der Waals surface area contributed by atoms with Crippen molar-refractivity contribution in [2.24, 2.45) is 0 Å². The number of nitrogens with zero attached hydrogens (tertiary/aromatic N) is 3. The van der Waals surface area contributed by atoms with E-state index in [1.54, 1.807) is 6.92 Å². The van der Waals surface area contributed by atoms with Gasteiger partial charge in [-0.2, -0.15) is 0 Å². The van der Waals surface area contributed by atoms with Crippen molar-refractivity contribution in [1.82, 2.24) is 14.7 Å². The molecular weight excluding hydrogens is 378 g/mol. The fourth-order valence-corrected chi connectivity index (χ4v) is 3.31. The maximum absolute atomic E-state index is 12.6. The van der Waals surface area contributed by atoms with Gasteiger partial charge in [0.2, 0.25) is 11.8 Å². The lowest BCUT2D eigenvalue weighted by Gasteiger charge is -2.32. The molecule has 2 fully saturated rings. The van der Waals surface area contributed by atoms with Crippen LogP contribution in [0.4, 0.5) is 0 Å². The molecular formula is C20H37N3O6. The van der Waals surface area contributed by atoms with Crippen molar-refractivity contribution in [3.8, 4) is 0 Å². The van der Waals surface area contributed by atoms with E-state index < -0.39 is 0 Å². The van der Waals surface area contributed by atoms with Crippen molar-refractivity contribution in [1.29, 1.82) is 0 Å². The number of morpholine rings is 2. The van der Waals surface area contributed by atoms with Gasteiger partial charge in [-0.1, -0.05) is 6.42 Å². The van der Waals surface area contributed by atoms with E-state index in [1.807, 2.05) is 14.7 Å². The van der Waals surface area contributed by atoms with E-state index in [1.165, 1.54) is 0 Å². The van der Waals surface area contributed by atoms with Crippen molar-refractivity contribution in [2.75, 3.05) is 79.4 Å². The maximum Gasteiger partial charge on any atom is 0.236 e. The third kappa shape index (κ3) is 10.7. The number of Topliss-reactive ketones (excluding diaryl/α,β-unsaturated/α-hetero) is 1. The zero-order valence-electron chi connectivity index (χ0n) is 17.9. The first-order valence-electron chi connectivity index (χ1n) is 10.4. The van der Waals surface area contributed by atoms with Crippen LogP contribution in [-0.4, -0.2) is 117 Å². The van der Waals surface area contributed by atoms with Crippen molar-refractivity contribution in [3.63, 3.8) is 0 Å². The first kappa shape index (κ1) is 25.5. The molecule has 0 radical (unpaired) electrons. The molecule has 0 aliphatic carbocycles. The van der Waals surface area contributed by atoms with Crippen molar-refractivity contribution >= 4 is 17.6 Å². The molecule has 2 aliphatic rings. The van der Waals surface area contributed by atoms with Crippen LogP contribution in [0.15, 0.2) is 0 Å². The lowest BCUT2D eigenvalue weighted by atomic mass is 10.1. The summed E-state index contributed by atoms with van der Waals surface area (Å²) in [7, 11) is 1.00. The monoisotopic (exact) mass is 415 g/mol. The van der Waals surface area contributed by atoms with Gasteiger partial charge in [0.25, 0.3) is 0 Å². The smallest absolute Gasteiger partial charge is 0.236 e. The van der Waals surface area contributed by atoms with Crippen molar-refractivity contribution < 1.29 is 29.0 Å². The second kappa shape index (κ2) is 15.3. The predicted molar refractivity (Wildman–Crippen MR) is 109 cm³/mol. The zero-order chi connectivity index (χ0) is 21.5. The number of rotatable bonds is 10. The molecule has 2 aliphatic heterocycles. The minimum Gasteiger partial charge on any atom is -0.400 e. The Morgan fingerprint density at radius 1 is 0.793 bits per heavy atom. The summed E-state index contributed by atoms with van der Waals surface area (Å²) in [6.07, 6.45) is 3.26. The summed E-state index contributed by atoms with van der Waals surface area (Å²) in [5, 5.41) is 7.00. The van der Waals surface area contributed by atoms with Crippen LogP contribution in [0.2, 0.25) is 0 Å². The molecule has 0 aromatic rings. The summed E-state index contributed by atoms with van der Waals surface area (Å²) >= 11 is 0. The second-order valence-corrected chi connectivity index (χ2v) is 7.21. The number of carbonyl (C=O) groups excluding carboxylic acids is 3. The van der Waals surface area contributed by atoms with Crippen LogP contribution in [0.1, 0.15) is 32.6 Å². The van der Waals surface area contributed by atoms with Crippen LogP contribution in [0.25, 0.3) is 0 Å². The third-order valence-corrected chi connectivity index (χ3v) is 4.95. The molecule has 0 saturated carbocycles. The van der Waals surface area contributed by atoms with Crippen LogP contribution in [-0.2, 0) is 23.9 Å². The number of hydrogen-bond acceptors (Lipinski definition) is 7. The van der Waals surface area contributed by atoms with E-state index in [2.05, 4.69) is 0 Å². The fraction of sp³-hybridized carbons (Fsp3) is 0.850. The van der Waals surface area contributed by atoms with Gasteiger partial charge >= 0.3 is 0 Å². The minimum absolute atomic E-state index is 0.0526. The van der Waals surface area contributed by atoms with Crippen LogP contribution in [0.5, 0.6) is 0 Å². The highest BCUT2D eigenvalue weighted by Gasteiger charge is 2.23. The van der Waals surface area contributed by atoms with E-state index in [-0.39, 0.29) is 30.7 Å². The Hall–Kier alpha value is -1.55. The number of aliphatic hydroxyl groups is 1. The van der Waals surface area contributed by atoms with Crippen molar-refractivity contribution in [2.45, 2.75) is 32.6 Å². The molecule has 0 atom stereocenters. The third-order valence-electron chi connectivity index (χ3n) is 4.95. The SMILES string of the molecule is CC(=O)CCCCCN(CC(=O)N1CCOCC1)CC(=O)N1CCOCC1.CO. The number of ketones is 1. The van der Waals surface area contributed by atoms with Gasteiger partial charge in [-0.05, 0) is 26.3 Å². The quantitative estimate of drug-likeness (QED) is 0.492. The summed E-state index contributed by atoms with van der Waals surface area (Å²) in [5.74, 6) is 0.311. The number of ether oxygens (including phenoxy) is 2. The van der Waals surface area contributed by atoms with Crippen LogP contribution < -0.4 is 0 Å². The van der Waals surface area contributed by atoms with Crippen LogP contribution >= 0.6 is 0 Å². The Kier molecular flexibility index (Phi) is 13.5. The number of carbonyl (C=O) groups is 3. The normalized spacial score (nSPS) is 17.0. The van der Waals surface area contributed by atoms with E-state index in [0.717, 1.165) is 26.4 Å². The summed E-state index contributed by atoms with van der Waals surface area (Å²) in [6.45, 7) is 7.54. The highest BCUT2D eigenvalue weighted by atomic mass is 16.5. The highest BCUT2D eigenvalue weighted by Crippen LogP contribution is 2.06. The van der Waals surface area contributed by atoms with E-state index in [9.17, 15) is 14.4 Å². The molecule has 9 nitrogen and oxygen atoms in total. The molecule has 1 N–H and O–H groups in total. The van der Waals surface area contributed by atoms with Gasteiger partial charge in [-0.3, -0.25) is 14.5 Å². The van der Waals surface area contributed by atoms with Gasteiger partial charge in [0.1, 0.15) is 5.78 Å². The topological polar surface area (TPSA) is 99.6 Å². The molecule has 29 heavy (non-hydrogen) atoms. The van der Waals surface area contributed by atoms with E-state index in [4.69, 9.17) is 14.6 Å². The first-order valence-corrected chi connectivity index (χ1v) is 10.4. The summed E-state index contributed by atoms with van der Waals surface area (Å²) in [5.41, 5.74) is 0. The lowest BCUT2D eigenvalue weighted by Crippen LogP contribution is -2.49. The minimum atomic E-state index is 0.0526. The molecule has 0 unspecified atom stereocenters. The highest BCUT2D eigenvalue weighted by molar-refractivity contribution is 5.81. The Balaban J connectivity index is 0.00000204. The van der Waals surface area contributed by atoms with Gasteiger partial charge in [0.05, 0.1) is 39.5 Å².